The molecule has 0 saturated heterocycles. The van der Waals surface area contributed by atoms with Crippen LogP contribution in [0.15, 0.2) is 18.2 Å². The van der Waals surface area contributed by atoms with E-state index in [2.05, 4.69) is 24.4 Å². The standard InChI is InChI=1S/C15H23NO2/c1-3-12(10-17)16-15-6-4-5-11-7-8-13(18-2)9-14(11)15/h7-9,12,15-17H,3-6,10H2,1-2H3/t12-,15?/m0/s1. The van der Waals surface area contributed by atoms with Crippen molar-refractivity contribution < 1.29 is 9.84 Å². The average Bonchev–Trinajstić information content (AvgIpc) is 2.44. The van der Waals surface area contributed by atoms with E-state index in [9.17, 15) is 5.11 Å². The van der Waals surface area contributed by atoms with E-state index in [1.54, 1.807) is 7.11 Å². The molecule has 1 aliphatic rings. The fraction of sp³-hybridized carbons (Fsp3) is 0.600. The maximum absolute atomic E-state index is 9.32. The van der Waals surface area contributed by atoms with Gasteiger partial charge in [-0.1, -0.05) is 13.0 Å². The number of aryl methyl sites for hydroxylation is 1. The van der Waals surface area contributed by atoms with Gasteiger partial charge in [-0.2, -0.15) is 0 Å². The van der Waals surface area contributed by atoms with Gasteiger partial charge in [0.05, 0.1) is 13.7 Å². The first-order valence-corrected chi connectivity index (χ1v) is 6.82. The number of aliphatic hydroxyl groups is 1. The van der Waals surface area contributed by atoms with Crippen LogP contribution in [0, 0.1) is 0 Å². The van der Waals surface area contributed by atoms with Crippen molar-refractivity contribution in [2.24, 2.45) is 0 Å². The van der Waals surface area contributed by atoms with Crippen molar-refractivity contribution in [3.05, 3.63) is 29.3 Å². The zero-order valence-electron chi connectivity index (χ0n) is 11.3. The normalized spacial score (nSPS) is 20.3. The van der Waals surface area contributed by atoms with Crippen molar-refractivity contribution in [3.8, 4) is 5.75 Å². The van der Waals surface area contributed by atoms with Crippen molar-refractivity contribution in [3.63, 3.8) is 0 Å². The minimum absolute atomic E-state index is 0.187. The smallest absolute Gasteiger partial charge is 0.119 e. The minimum Gasteiger partial charge on any atom is -0.497 e. The number of nitrogens with one attached hydrogen (secondary N) is 1. The van der Waals surface area contributed by atoms with Crippen LogP contribution >= 0.6 is 0 Å². The summed E-state index contributed by atoms with van der Waals surface area (Å²) in [5, 5.41) is 12.9. The van der Waals surface area contributed by atoms with Gasteiger partial charge < -0.3 is 15.2 Å². The fourth-order valence-electron chi connectivity index (χ4n) is 2.66. The van der Waals surface area contributed by atoms with E-state index in [-0.39, 0.29) is 12.6 Å². The SMILES string of the molecule is CC[C@@H](CO)NC1CCCc2ccc(OC)cc21. The second-order valence-electron chi connectivity index (χ2n) is 4.96. The lowest BCUT2D eigenvalue weighted by Gasteiger charge is -2.30. The maximum Gasteiger partial charge on any atom is 0.119 e. The summed E-state index contributed by atoms with van der Waals surface area (Å²) in [7, 11) is 1.70. The number of hydrogen-bond donors (Lipinski definition) is 2. The minimum atomic E-state index is 0.187. The molecule has 0 bridgehead atoms. The molecule has 18 heavy (non-hydrogen) atoms. The van der Waals surface area contributed by atoms with E-state index >= 15 is 0 Å². The average molecular weight is 249 g/mol. The van der Waals surface area contributed by atoms with Crippen LogP contribution in [-0.2, 0) is 6.42 Å². The fourth-order valence-corrected chi connectivity index (χ4v) is 2.66. The number of ether oxygens (including phenoxy) is 1. The van der Waals surface area contributed by atoms with Crippen molar-refractivity contribution in [2.75, 3.05) is 13.7 Å². The topological polar surface area (TPSA) is 41.5 Å². The predicted molar refractivity (Wildman–Crippen MR) is 73.0 cm³/mol. The van der Waals surface area contributed by atoms with Gasteiger partial charge in [0.1, 0.15) is 5.75 Å². The highest BCUT2D eigenvalue weighted by atomic mass is 16.5. The molecule has 1 aliphatic carbocycles. The molecule has 0 spiro atoms. The van der Waals surface area contributed by atoms with Gasteiger partial charge in [0.2, 0.25) is 0 Å². The zero-order chi connectivity index (χ0) is 13.0. The largest absolute Gasteiger partial charge is 0.497 e. The molecule has 0 aliphatic heterocycles. The van der Waals surface area contributed by atoms with Gasteiger partial charge in [-0.3, -0.25) is 0 Å². The summed E-state index contributed by atoms with van der Waals surface area (Å²) in [6.45, 7) is 2.30. The second-order valence-corrected chi connectivity index (χ2v) is 4.96. The Morgan fingerprint density at radius 2 is 2.33 bits per heavy atom. The van der Waals surface area contributed by atoms with Gasteiger partial charge in [-0.15, -0.1) is 0 Å². The summed E-state index contributed by atoms with van der Waals surface area (Å²) >= 11 is 0. The lowest BCUT2D eigenvalue weighted by atomic mass is 9.87. The van der Waals surface area contributed by atoms with E-state index < -0.39 is 0 Å². The molecular formula is C15H23NO2. The number of methoxy groups -OCH3 is 1. The van der Waals surface area contributed by atoms with Gasteiger partial charge in [0.25, 0.3) is 0 Å². The van der Waals surface area contributed by atoms with Gasteiger partial charge >= 0.3 is 0 Å². The second kappa shape index (κ2) is 6.21. The van der Waals surface area contributed by atoms with Crippen LogP contribution in [0.25, 0.3) is 0 Å². The van der Waals surface area contributed by atoms with Crippen LogP contribution < -0.4 is 10.1 Å². The molecule has 1 aromatic carbocycles. The Morgan fingerprint density at radius 3 is 3.00 bits per heavy atom. The van der Waals surface area contributed by atoms with Crippen molar-refractivity contribution >= 4 is 0 Å². The molecule has 2 rings (SSSR count). The summed E-state index contributed by atoms with van der Waals surface area (Å²) in [4.78, 5) is 0. The Labute approximate surface area is 109 Å². The first-order chi connectivity index (χ1) is 8.78. The van der Waals surface area contributed by atoms with Crippen molar-refractivity contribution in [1.29, 1.82) is 0 Å². The number of fused-ring (bicyclic) bond motifs is 1. The molecule has 0 saturated carbocycles. The Kier molecular flexibility index (Phi) is 4.61. The zero-order valence-corrected chi connectivity index (χ0v) is 11.3. The third-order valence-electron chi connectivity index (χ3n) is 3.82. The Hall–Kier alpha value is -1.06. The summed E-state index contributed by atoms with van der Waals surface area (Å²) in [5.74, 6) is 0.916. The molecule has 2 atom stereocenters. The molecule has 0 aromatic heterocycles. The maximum atomic E-state index is 9.32. The van der Waals surface area contributed by atoms with Crippen molar-refractivity contribution in [1.82, 2.24) is 5.32 Å². The van der Waals surface area contributed by atoms with Gasteiger partial charge in [-0.25, -0.2) is 0 Å². The molecule has 1 aromatic rings. The van der Waals surface area contributed by atoms with Crippen LogP contribution in [0.5, 0.6) is 5.75 Å². The molecule has 3 nitrogen and oxygen atoms in total. The number of hydrogen-bond acceptors (Lipinski definition) is 3. The third kappa shape index (κ3) is 2.85. The first kappa shape index (κ1) is 13.4. The van der Waals surface area contributed by atoms with Crippen molar-refractivity contribution in [2.45, 2.75) is 44.7 Å². The highest BCUT2D eigenvalue weighted by molar-refractivity contribution is 5.39. The van der Waals surface area contributed by atoms with Crippen LogP contribution in [0.4, 0.5) is 0 Å². The Morgan fingerprint density at radius 1 is 1.50 bits per heavy atom. The van der Waals surface area contributed by atoms with E-state index in [0.717, 1.165) is 25.0 Å². The predicted octanol–water partition coefficient (Wildman–Crippen LogP) is 2.43. The first-order valence-electron chi connectivity index (χ1n) is 6.82. The van der Waals surface area contributed by atoms with Gasteiger partial charge in [0, 0.05) is 12.1 Å². The quantitative estimate of drug-likeness (QED) is 0.842. The molecule has 1 unspecified atom stereocenters. The van der Waals surface area contributed by atoms with E-state index in [4.69, 9.17) is 4.74 Å². The number of benzene rings is 1. The summed E-state index contributed by atoms with van der Waals surface area (Å²) < 4.78 is 5.31. The summed E-state index contributed by atoms with van der Waals surface area (Å²) in [6.07, 6.45) is 4.44. The Bertz CT molecular complexity index is 388. The van der Waals surface area contributed by atoms with E-state index in [1.807, 2.05) is 6.07 Å². The highest BCUT2D eigenvalue weighted by Gasteiger charge is 2.22. The molecule has 100 valence electrons. The monoisotopic (exact) mass is 249 g/mol. The molecule has 3 heteroatoms. The lowest BCUT2D eigenvalue weighted by molar-refractivity contribution is 0.223. The van der Waals surface area contributed by atoms with E-state index in [0.29, 0.717) is 6.04 Å². The number of rotatable bonds is 5. The van der Waals surface area contributed by atoms with Gasteiger partial charge in [0.15, 0.2) is 0 Å². The molecule has 0 amide bonds. The van der Waals surface area contributed by atoms with Gasteiger partial charge in [-0.05, 0) is 48.9 Å². The number of aliphatic hydroxyl groups excluding tert-OH is 1. The van der Waals surface area contributed by atoms with Crippen LogP contribution in [0.1, 0.15) is 43.4 Å². The molecule has 2 N–H and O–H groups in total. The van der Waals surface area contributed by atoms with E-state index in [1.165, 1.54) is 17.5 Å². The molecule has 0 radical (unpaired) electrons. The molecule has 0 fully saturated rings. The summed E-state index contributed by atoms with van der Waals surface area (Å²) in [6, 6.07) is 6.87. The summed E-state index contributed by atoms with van der Waals surface area (Å²) in [5.41, 5.74) is 2.75. The van der Waals surface area contributed by atoms with Crippen LogP contribution in [0.2, 0.25) is 0 Å². The Balaban J connectivity index is 2.20. The van der Waals surface area contributed by atoms with Crippen LogP contribution in [-0.4, -0.2) is 24.9 Å². The third-order valence-corrected chi connectivity index (χ3v) is 3.82. The lowest BCUT2D eigenvalue weighted by Crippen LogP contribution is -2.36. The molecular weight excluding hydrogens is 226 g/mol. The highest BCUT2D eigenvalue weighted by Crippen LogP contribution is 2.32. The molecule has 0 heterocycles. The van der Waals surface area contributed by atoms with Crippen LogP contribution in [0.3, 0.4) is 0 Å².